The average Bonchev–Trinajstić information content (AvgIpc) is 2.29. The van der Waals surface area contributed by atoms with E-state index in [9.17, 15) is 23.6 Å². The van der Waals surface area contributed by atoms with Gasteiger partial charge >= 0.3 is 11.7 Å². The predicted octanol–water partition coefficient (Wildman–Crippen LogP) is -0.810. The average molecular weight is 258 g/mol. The van der Waals surface area contributed by atoms with Crippen molar-refractivity contribution in [3.8, 4) is 0 Å². The van der Waals surface area contributed by atoms with Crippen LogP contribution in [0.15, 0.2) is 20.9 Å². The topological polar surface area (TPSA) is 145 Å². The van der Waals surface area contributed by atoms with Crippen LogP contribution in [0.3, 0.4) is 0 Å². The van der Waals surface area contributed by atoms with Crippen LogP contribution >= 0.6 is 0 Å². The second-order valence-electron chi connectivity index (χ2n) is 3.19. The van der Waals surface area contributed by atoms with Crippen molar-refractivity contribution in [3.05, 3.63) is 32.9 Å². The van der Waals surface area contributed by atoms with Crippen LogP contribution in [0.2, 0.25) is 0 Å². The van der Waals surface area contributed by atoms with Gasteiger partial charge in [0.1, 0.15) is 0 Å². The van der Waals surface area contributed by atoms with E-state index < -0.39 is 41.4 Å². The third kappa shape index (κ3) is 2.72. The van der Waals surface area contributed by atoms with Gasteiger partial charge in [-0.15, -0.1) is 0 Å². The number of aromatic amines is 1. The highest BCUT2D eigenvalue weighted by molar-refractivity contribution is 5.85. The normalized spacial score (nSPS) is 11.8. The van der Waals surface area contributed by atoms with Crippen molar-refractivity contribution in [2.75, 3.05) is 0 Å². The summed E-state index contributed by atoms with van der Waals surface area (Å²) in [6.45, 7) is 0. The fraction of sp³-hybridized carbons (Fsp3) is 0.250. The number of nitrogens with one attached hydrogen (secondary N) is 2. The molecule has 0 fully saturated rings. The van der Waals surface area contributed by atoms with E-state index in [2.05, 4.69) is 5.11 Å². The molecule has 1 aromatic rings. The van der Waals surface area contributed by atoms with Crippen molar-refractivity contribution >= 4 is 11.9 Å². The molecule has 1 rings (SSSR count). The van der Waals surface area contributed by atoms with Crippen LogP contribution in [0, 0.1) is 11.3 Å². The van der Waals surface area contributed by atoms with E-state index in [-0.39, 0.29) is 4.57 Å². The second-order valence-corrected chi connectivity index (χ2v) is 3.19. The van der Waals surface area contributed by atoms with E-state index in [1.54, 1.807) is 0 Å². The molecular formula is C8H7FN4O5. The van der Waals surface area contributed by atoms with Gasteiger partial charge in [0.05, 0.1) is 12.6 Å². The van der Waals surface area contributed by atoms with E-state index in [1.807, 2.05) is 0 Å². The minimum atomic E-state index is -1.67. The van der Waals surface area contributed by atoms with Crippen molar-refractivity contribution < 1.29 is 19.1 Å². The number of carboxylic acids is 1. The maximum Gasteiger partial charge on any atom is 0.335 e. The number of halogens is 1. The van der Waals surface area contributed by atoms with Crippen LogP contribution in [0.25, 0.3) is 0 Å². The second kappa shape index (κ2) is 5.12. The molecule has 9 nitrogen and oxygen atoms in total. The number of aliphatic carboxylic acids is 1. The van der Waals surface area contributed by atoms with Gasteiger partial charge < -0.3 is 5.11 Å². The molecule has 3 N–H and O–H groups in total. The van der Waals surface area contributed by atoms with Gasteiger partial charge in [0, 0.05) is 0 Å². The van der Waals surface area contributed by atoms with Gasteiger partial charge in [0.15, 0.2) is 6.04 Å². The van der Waals surface area contributed by atoms with Crippen LogP contribution < -0.4 is 11.2 Å². The Morgan fingerprint density at radius 1 is 1.56 bits per heavy atom. The molecule has 1 atom stereocenters. The Kier molecular flexibility index (Phi) is 3.82. The molecule has 1 heterocycles. The number of hydrogen-bond acceptors (Lipinski definition) is 6. The van der Waals surface area contributed by atoms with Gasteiger partial charge in [-0.1, -0.05) is 0 Å². The molecule has 0 saturated carbocycles. The maximum absolute atomic E-state index is 12.9. The van der Waals surface area contributed by atoms with Crippen molar-refractivity contribution in [2.24, 2.45) is 5.11 Å². The Hall–Kier alpha value is -2.65. The highest BCUT2D eigenvalue weighted by Crippen LogP contribution is 2.00. The fourth-order valence-electron chi connectivity index (χ4n) is 1.08. The van der Waals surface area contributed by atoms with Gasteiger partial charge in [-0.2, -0.15) is 9.50 Å². The van der Waals surface area contributed by atoms with E-state index in [0.29, 0.717) is 6.20 Å². The molecule has 0 aliphatic rings. The first kappa shape index (κ1) is 13.4. The number of hydrogen-bond donors (Lipinski definition) is 3. The molecule has 0 amide bonds. The van der Waals surface area contributed by atoms with E-state index >= 15 is 0 Å². The van der Waals surface area contributed by atoms with Crippen molar-refractivity contribution in [1.82, 2.24) is 9.55 Å². The zero-order chi connectivity index (χ0) is 13.9. The molecule has 0 radical (unpaired) electrons. The Morgan fingerprint density at radius 2 is 2.17 bits per heavy atom. The lowest BCUT2D eigenvalue weighted by atomic mass is 10.2. The first-order chi connectivity index (χ1) is 8.36. The largest absolute Gasteiger partial charge is 0.480 e. The van der Waals surface area contributed by atoms with E-state index in [0.717, 1.165) is 0 Å². The summed E-state index contributed by atoms with van der Waals surface area (Å²) < 4.78 is 13.1. The Bertz CT molecular complexity index is 619. The quantitative estimate of drug-likeness (QED) is 0.604. The SMILES string of the molecule is N=NC(CC(=O)n1cc(F)c(=O)[nH]c1=O)C(=O)O. The lowest BCUT2D eigenvalue weighted by Gasteiger charge is -2.06. The molecule has 18 heavy (non-hydrogen) atoms. The number of H-pyrrole nitrogens is 1. The first-order valence-corrected chi connectivity index (χ1v) is 4.51. The predicted molar refractivity (Wildman–Crippen MR) is 53.1 cm³/mol. The Morgan fingerprint density at radius 3 is 2.67 bits per heavy atom. The minimum absolute atomic E-state index is 0.220. The molecule has 0 aliphatic heterocycles. The lowest BCUT2D eigenvalue weighted by Crippen LogP contribution is -2.36. The molecule has 0 aromatic carbocycles. The van der Waals surface area contributed by atoms with E-state index in [4.69, 9.17) is 10.6 Å². The zero-order valence-corrected chi connectivity index (χ0v) is 8.71. The molecule has 1 aromatic heterocycles. The summed E-state index contributed by atoms with van der Waals surface area (Å²) in [6.07, 6.45) is -0.448. The monoisotopic (exact) mass is 258 g/mol. The van der Waals surface area contributed by atoms with Gasteiger partial charge in [0.25, 0.3) is 5.56 Å². The van der Waals surface area contributed by atoms with Crippen LogP contribution in [-0.4, -0.2) is 32.6 Å². The van der Waals surface area contributed by atoms with Gasteiger partial charge in [0.2, 0.25) is 11.7 Å². The summed E-state index contributed by atoms with van der Waals surface area (Å²) in [5.74, 6) is -3.99. The molecular weight excluding hydrogens is 251 g/mol. The summed E-state index contributed by atoms with van der Waals surface area (Å²) >= 11 is 0. The highest BCUT2D eigenvalue weighted by atomic mass is 19.1. The van der Waals surface area contributed by atoms with Crippen LogP contribution in [-0.2, 0) is 4.79 Å². The van der Waals surface area contributed by atoms with Crippen LogP contribution in [0.4, 0.5) is 4.39 Å². The summed E-state index contributed by atoms with van der Waals surface area (Å²) in [5.41, 5.74) is 4.07. The zero-order valence-electron chi connectivity index (χ0n) is 8.71. The number of aromatic nitrogens is 2. The summed E-state index contributed by atoms with van der Waals surface area (Å²) in [7, 11) is 0. The van der Waals surface area contributed by atoms with Gasteiger partial charge in [-0.25, -0.2) is 19.7 Å². The number of carbonyl (C=O) groups is 2. The van der Waals surface area contributed by atoms with Crippen molar-refractivity contribution in [2.45, 2.75) is 12.5 Å². The minimum Gasteiger partial charge on any atom is -0.480 e. The Balaban J connectivity index is 3.09. The summed E-state index contributed by atoms with van der Waals surface area (Å²) in [4.78, 5) is 45.4. The molecule has 96 valence electrons. The van der Waals surface area contributed by atoms with Gasteiger partial charge in [-0.3, -0.25) is 14.6 Å². The number of carbonyl (C=O) groups excluding carboxylic acids is 1. The Labute approximate surface area is 97.4 Å². The molecule has 0 spiro atoms. The number of nitrogens with zero attached hydrogens (tertiary/aromatic N) is 2. The van der Waals surface area contributed by atoms with E-state index in [1.165, 1.54) is 4.98 Å². The third-order valence-corrected chi connectivity index (χ3v) is 1.98. The molecule has 0 bridgehead atoms. The summed E-state index contributed by atoms with van der Waals surface area (Å²) in [6, 6.07) is -1.67. The molecule has 10 heteroatoms. The summed E-state index contributed by atoms with van der Waals surface area (Å²) in [5, 5.41) is 11.2. The smallest absolute Gasteiger partial charge is 0.335 e. The third-order valence-electron chi connectivity index (χ3n) is 1.98. The molecule has 0 aliphatic carbocycles. The van der Waals surface area contributed by atoms with Crippen LogP contribution in [0.5, 0.6) is 0 Å². The standard InChI is InChI=1S/C8H7FN4O5/c9-3-2-13(8(18)11-6(3)15)5(14)1-4(12-10)7(16)17/h2,4,10H,1H2,(H,16,17)(H,11,15,18). The molecule has 0 saturated heterocycles. The van der Waals surface area contributed by atoms with Crippen molar-refractivity contribution in [3.63, 3.8) is 0 Å². The first-order valence-electron chi connectivity index (χ1n) is 4.51. The van der Waals surface area contributed by atoms with Gasteiger partial charge in [-0.05, 0) is 0 Å². The van der Waals surface area contributed by atoms with Crippen LogP contribution in [0.1, 0.15) is 11.2 Å². The lowest BCUT2D eigenvalue weighted by molar-refractivity contribution is -0.138. The fourth-order valence-corrected chi connectivity index (χ4v) is 1.08. The number of rotatable bonds is 4. The number of carboxylic acid groups (broad SMARTS) is 1. The van der Waals surface area contributed by atoms with Crippen molar-refractivity contribution in [1.29, 1.82) is 5.53 Å². The maximum atomic E-state index is 12.9. The molecule has 1 unspecified atom stereocenters. The highest BCUT2D eigenvalue weighted by Gasteiger charge is 2.22.